The lowest BCUT2D eigenvalue weighted by atomic mass is 10.1. The minimum absolute atomic E-state index is 0.0822. The molecule has 3 aromatic rings. The molecule has 0 radical (unpaired) electrons. The van der Waals surface area contributed by atoms with Crippen LogP contribution in [0, 0.1) is 6.92 Å². The van der Waals surface area contributed by atoms with Gasteiger partial charge in [-0.25, -0.2) is 0 Å². The van der Waals surface area contributed by atoms with Crippen molar-refractivity contribution in [2.75, 3.05) is 11.9 Å². The van der Waals surface area contributed by atoms with Gasteiger partial charge in [-0.15, -0.1) is 0 Å². The topological polar surface area (TPSA) is 93.7 Å². The third-order valence-electron chi connectivity index (χ3n) is 4.89. The maximum atomic E-state index is 12.4. The highest BCUT2D eigenvalue weighted by Crippen LogP contribution is 2.15. The van der Waals surface area contributed by atoms with Crippen molar-refractivity contribution in [3.05, 3.63) is 89.5 Å². The second-order valence-electron chi connectivity index (χ2n) is 7.81. The summed E-state index contributed by atoms with van der Waals surface area (Å²) in [4.78, 5) is 35.6. The Morgan fingerprint density at radius 3 is 2.32 bits per heavy atom. The van der Waals surface area contributed by atoms with Crippen LogP contribution in [0.3, 0.4) is 0 Å². The summed E-state index contributed by atoms with van der Waals surface area (Å²) in [6.45, 7) is 4.12. The first kappa shape index (κ1) is 24.5. The zero-order valence-corrected chi connectivity index (χ0v) is 19.3. The second kappa shape index (κ2) is 12.2. The number of carbonyl (C=O) groups excluding carboxylic acids is 3. The SMILES string of the molecule is CC(=O)Oc1cccc(C(=O)NCc2ccc(NC(=O)CCCOc3ccc(C)cc3)cc2)c1. The third-order valence-corrected chi connectivity index (χ3v) is 4.89. The van der Waals surface area contributed by atoms with Gasteiger partial charge in [0, 0.05) is 31.1 Å². The molecule has 0 fully saturated rings. The van der Waals surface area contributed by atoms with E-state index in [1.165, 1.54) is 18.6 Å². The van der Waals surface area contributed by atoms with Gasteiger partial charge in [-0.05, 0) is 61.4 Å². The fraction of sp³-hybridized carbons (Fsp3) is 0.222. The monoisotopic (exact) mass is 460 g/mol. The van der Waals surface area contributed by atoms with Gasteiger partial charge in [0.2, 0.25) is 5.91 Å². The van der Waals surface area contributed by atoms with E-state index in [0.717, 1.165) is 11.3 Å². The molecule has 3 rings (SSSR count). The van der Waals surface area contributed by atoms with Crippen molar-refractivity contribution in [2.24, 2.45) is 0 Å². The largest absolute Gasteiger partial charge is 0.494 e. The molecule has 0 aliphatic rings. The number of esters is 1. The molecule has 0 aromatic heterocycles. The molecule has 2 amide bonds. The average Bonchev–Trinajstić information content (AvgIpc) is 2.82. The molecule has 0 spiro atoms. The molecular weight excluding hydrogens is 432 g/mol. The van der Waals surface area contributed by atoms with E-state index in [1.54, 1.807) is 30.3 Å². The van der Waals surface area contributed by atoms with Crippen LogP contribution in [-0.2, 0) is 16.1 Å². The summed E-state index contributed by atoms with van der Waals surface area (Å²) in [5.74, 6) is 0.313. The van der Waals surface area contributed by atoms with Crippen molar-refractivity contribution in [3.8, 4) is 11.5 Å². The van der Waals surface area contributed by atoms with Crippen molar-refractivity contribution < 1.29 is 23.9 Å². The minimum atomic E-state index is -0.444. The number of carbonyl (C=O) groups is 3. The average molecular weight is 461 g/mol. The number of rotatable bonds is 10. The molecule has 0 bridgehead atoms. The lowest BCUT2D eigenvalue weighted by Crippen LogP contribution is -2.22. The van der Waals surface area contributed by atoms with Crippen LogP contribution < -0.4 is 20.1 Å². The number of hydrogen-bond donors (Lipinski definition) is 2. The Kier molecular flexibility index (Phi) is 8.80. The van der Waals surface area contributed by atoms with E-state index in [-0.39, 0.29) is 11.8 Å². The highest BCUT2D eigenvalue weighted by Gasteiger charge is 2.08. The molecule has 7 nitrogen and oxygen atoms in total. The number of aryl methyl sites for hydroxylation is 1. The van der Waals surface area contributed by atoms with Crippen molar-refractivity contribution in [1.29, 1.82) is 0 Å². The van der Waals surface area contributed by atoms with E-state index >= 15 is 0 Å². The Morgan fingerprint density at radius 2 is 1.62 bits per heavy atom. The highest BCUT2D eigenvalue weighted by molar-refractivity contribution is 5.94. The van der Waals surface area contributed by atoms with Crippen molar-refractivity contribution in [1.82, 2.24) is 5.32 Å². The third kappa shape index (κ3) is 8.09. The molecule has 0 atom stereocenters. The van der Waals surface area contributed by atoms with Crippen LogP contribution >= 0.6 is 0 Å². The fourth-order valence-corrected chi connectivity index (χ4v) is 3.14. The smallest absolute Gasteiger partial charge is 0.308 e. The molecule has 7 heteroatoms. The number of amides is 2. The normalized spacial score (nSPS) is 10.3. The van der Waals surface area contributed by atoms with Crippen LogP contribution in [0.4, 0.5) is 5.69 Å². The molecule has 0 saturated carbocycles. The van der Waals surface area contributed by atoms with Crippen LogP contribution in [0.15, 0.2) is 72.8 Å². The van der Waals surface area contributed by atoms with Gasteiger partial charge in [0.25, 0.3) is 5.91 Å². The molecule has 0 heterocycles. The Hall–Kier alpha value is -4.13. The maximum Gasteiger partial charge on any atom is 0.308 e. The summed E-state index contributed by atoms with van der Waals surface area (Å²) in [6.07, 6.45) is 0.971. The number of nitrogens with one attached hydrogen (secondary N) is 2. The molecule has 3 aromatic carbocycles. The van der Waals surface area contributed by atoms with Gasteiger partial charge in [0.1, 0.15) is 11.5 Å². The summed E-state index contributed by atoms with van der Waals surface area (Å²) in [5.41, 5.74) is 3.14. The van der Waals surface area contributed by atoms with Crippen LogP contribution in [0.2, 0.25) is 0 Å². The number of hydrogen-bond acceptors (Lipinski definition) is 5. The van der Waals surface area contributed by atoms with Crippen LogP contribution in [0.5, 0.6) is 11.5 Å². The molecule has 0 saturated heterocycles. The van der Waals surface area contributed by atoms with Crippen molar-refractivity contribution in [3.63, 3.8) is 0 Å². The van der Waals surface area contributed by atoms with E-state index in [4.69, 9.17) is 9.47 Å². The van der Waals surface area contributed by atoms with Gasteiger partial charge in [-0.2, -0.15) is 0 Å². The number of ether oxygens (including phenoxy) is 2. The van der Waals surface area contributed by atoms with Gasteiger partial charge < -0.3 is 20.1 Å². The summed E-state index contributed by atoms with van der Waals surface area (Å²) in [6, 6.07) is 21.5. The first-order valence-electron chi connectivity index (χ1n) is 11.0. The molecule has 0 aliphatic heterocycles. The standard InChI is InChI=1S/C27H28N2O5/c1-19-8-14-24(15-9-19)33-16-4-7-26(31)29-23-12-10-21(11-13-23)18-28-27(32)22-5-3-6-25(17-22)34-20(2)30/h3,5-6,8-15,17H,4,7,16,18H2,1-2H3,(H,28,32)(H,29,31). The minimum Gasteiger partial charge on any atom is -0.494 e. The second-order valence-corrected chi connectivity index (χ2v) is 7.81. The van der Waals surface area contributed by atoms with E-state index < -0.39 is 5.97 Å². The van der Waals surface area contributed by atoms with E-state index in [2.05, 4.69) is 10.6 Å². The van der Waals surface area contributed by atoms with Gasteiger partial charge in [0.15, 0.2) is 0 Å². The molecule has 176 valence electrons. The van der Waals surface area contributed by atoms with Crippen LogP contribution in [-0.4, -0.2) is 24.4 Å². The Labute approximate surface area is 199 Å². The molecule has 0 unspecified atom stereocenters. The zero-order valence-electron chi connectivity index (χ0n) is 19.3. The zero-order chi connectivity index (χ0) is 24.3. The van der Waals surface area contributed by atoms with Gasteiger partial charge in [0.05, 0.1) is 6.61 Å². The highest BCUT2D eigenvalue weighted by atomic mass is 16.5. The predicted octanol–water partition coefficient (Wildman–Crippen LogP) is 4.65. The first-order valence-corrected chi connectivity index (χ1v) is 11.0. The quantitative estimate of drug-likeness (QED) is 0.261. The predicted molar refractivity (Wildman–Crippen MR) is 130 cm³/mol. The van der Waals surface area contributed by atoms with Crippen LogP contribution in [0.1, 0.15) is 41.3 Å². The summed E-state index contributed by atoms with van der Waals surface area (Å²) >= 11 is 0. The summed E-state index contributed by atoms with van der Waals surface area (Å²) in [5, 5.41) is 5.69. The lowest BCUT2D eigenvalue weighted by Gasteiger charge is -2.09. The van der Waals surface area contributed by atoms with Gasteiger partial charge in [-0.3, -0.25) is 14.4 Å². The van der Waals surface area contributed by atoms with E-state index in [0.29, 0.717) is 43.0 Å². The van der Waals surface area contributed by atoms with E-state index in [9.17, 15) is 14.4 Å². The van der Waals surface area contributed by atoms with Gasteiger partial charge >= 0.3 is 5.97 Å². The lowest BCUT2D eigenvalue weighted by molar-refractivity contribution is -0.131. The molecule has 2 N–H and O–H groups in total. The molecule has 34 heavy (non-hydrogen) atoms. The Bertz CT molecular complexity index is 1120. The van der Waals surface area contributed by atoms with Crippen molar-refractivity contribution in [2.45, 2.75) is 33.2 Å². The Balaban J connectivity index is 1.39. The maximum absolute atomic E-state index is 12.4. The summed E-state index contributed by atoms with van der Waals surface area (Å²) < 4.78 is 10.6. The van der Waals surface area contributed by atoms with Crippen molar-refractivity contribution >= 4 is 23.5 Å². The number of benzene rings is 3. The Morgan fingerprint density at radius 1 is 0.882 bits per heavy atom. The fourth-order valence-electron chi connectivity index (χ4n) is 3.14. The molecule has 0 aliphatic carbocycles. The molecular formula is C27H28N2O5. The van der Waals surface area contributed by atoms with E-state index in [1.807, 2.05) is 43.3 Å². The number of anilines is 1. The first-order chi connectivity index (χ1) is 16.4. The van der Waals surface area contributed by atoms with Crippen LogP contribution in [0.25, 0.3) is 0 Å². The van der Waals surface area contributed by atoms with Gasteiger partial charge in [-0.1, -0.05) is 35.9 Å². The summed E-state index contributed by atoms with van der Waals surface area (Å²) in [7, 11) is 0.